The number of morpholine rings is 1. The summed E-state index contributed by atoms with van der Waals surface area (Å²) in [4.78, 5) is 14.8. The molecule has 3 aliphatic heterocycles. The molecular weight excluding hydrogens is 308 g/mol. The zero-order valence-corrected chi connectivity index (χ0v) is 14.0. The van der Waals surface area contributed by atoms with Crippen molar-refractivity contribution >= 4 is 5.91 Å². The molecule has 6 nitrogen and oxygen atoms in total. The molecular formula is C18H24N2O4. The first-order valence-corrected chi connectivity index (χ1v) is 8.65. The number of carbonyl (C=O) groups is 1. The maximum Gasteiger partial charge on any atom is 0.257 e. The topological polar surface area (TPSA) is 71.0 Å². The Morgan fingerprint density at radius 1 is 1.38 bits per heavy atom. The van der Waals surface area contributed by atoms with E-state index < -0.39 is 0 Å². The summed E-state index contributed by atoms with van der Waals surface area (Å²) in [5.74, 6) is 0.408. The molecule has 0 saturated carbocycles. The third-order valence-corrected chi connectivity index (χ3v) is 5.54. The molecule has 1 spiro atoms. The molecule has 3 aliphatic rings. The van der Waals surface area contributed by atoms with Crippen LogP contribution >= 0.6 is 0 Å². The first-order valence-electron chi connectivity index (χ1n) is 8.65. The zero-order valence-electron chi connectivity index (χ0n) is 14.0. The lowest BCUT2D eigenvalue weighted by atomic mass is 9.85. The summed E-state index contributed by atoms with van der Waals surface area (Å²) in [6.07, 6.45) is 4.30. The van der Waals surface area contributed by atoms with Gasteiger partial charge in [0.25, 0.3) is 5.91 Å². The Labute approximate surface area is 141 Å². The van der Waals surface area contributed by atoms with E-state index in [1.165, 1.54) is 18.9 Å². The number of nitrogens with zero attached hydrogens (tertiary/aromatic N) is 1. The number of rotatable bonds is 2. The fourth-order valence-electron chi connectivity index (χ4n) is 4.45. The average Bonchev–Trinajstić information content (AvgIpc) is 2.94. The van der Waals surface area contributed by atoms with Crippen LogP contribution in [-0.4, -0.2) is 60.4 Å². The standard InChI is InChI=1S/C18H24N2O4/c1-23-14-4-5-16(21)15(8-14)17(22)20-6-7-24-18(11-20)9-12-2-3-13(10-18)19-12/h4-5,8,12-13,19,21H,2-3,6-7,9-11H2,1H3/t12-,13+,18?. The predicted octanol–water partition coefficient (Wildman–Crippen LogP) is 1.53. The van der Waals surface area contributed by atoms with Crippen LogP contribution in [0.15, 0.2) is 18.2 Å². The number of hydrogen-bond acceptors (Lipinski definition) is 5. The van der Waals surface area contributed by atoms with Gasteiger partial charge in [-0.3, -0.25) is 4.79 Å². The molecule has 1 unspecified atom stereocenters. The molecule has 2 bridgehead atoms. The second kappa shape index (κ2) is 5.93. The lowest BCUT2D eigenvalue weighted by molar-refractivity contribution is -0.122. The molecule has 1 aromatic carbocycles. The summed E-state index contributed by atoms with van der Waals surface area (Å²) in [5, 5.41) is 13.7. The summed E-state index contributed by atoms with van der Waals surface area (Å²) >= 11 is 0. The van der Waals surface area contributed by atoms with Crippen LogP contribution in [0.2, 0.25) is 0 Å². The number of methoxy groups -OCH3 is 1. The molecule has 130 valence electrons. The highest BCUT2D eigenvalue weighted by Crippen LogP contribution is 2.39. The van der Waals surface area contributed by atoms with Crippen LogP contribution in [0.1, 0.15) is 36.0 Å². The van der Waals surface area contributed by atoms with E-state index in [-0.39, 0.29) is 17.3 Å². The number of fused-ring (bicyclic) bond motifs is 2. The van der Waals surface area contributed by atoms with Gasteiger partial charge in [-0.15, -0.1) is 0 Å². The van der Waals surface area contributed by atoms with Gasteiger partial charge >= 0.3 is 0 Å². The van der Waals surface area contributed by atoms with Gasteiger partial charge in [-0.2, -0.15) is 0 Å². The minimum Gasteiger partial charge on any atom is -0.507 e. The summed E-state index contributed by atoms with van der Waals surface area (Å²) < 4.78 is 11.3. The Hall–Kier alpha value is -1.79. The van der Waals surface area contributed by atoms with Crippen LogP contribution in [0.3, 0.4) is 0 Å². The Morgan fingerprint density at radius 2 is 2.12 bits per heavy atom. The Kier molecular flexibility index (Phi) is 3.89. The molecule has 0 radical (unpaired) electrons. The molecule has 4 rings (SSSR count). The molecule has 0 aromatic heterocycles. The van der Waals surface area contributed by atoms with Gasteiger partial charge in [-0.25, -0.2) is 0 Å². The van der Waals surface area contributed by atoms with Gasteiger partial charge in [0.05, 0.1) is 31.4 Å². The van der Waals surface area contributed by atoms with E-state index in [1.807, 2.05) is 4.90 Å². The van der Waals surface area contributed by atoms with E-state index in [9.17, 15) is 9.90 Å². The van der Waals surface area contributed by atoms with Crippen molar-refractivity contribution < 1.29 is 19.4 Å². The van der Waals surface area contributed by atoms with Crippen molar-refractivity contribution in [3.05, 3.63) is 23.8 Å². The van der Waals surface area contributed by atoms with Crippen LogP contribution in [-0.2, 0) is 4.74 Å². The first kappa shape index (κ1) is 15.7. The summed E-state index contributed by atoms with van der Waals surface area (Å²) in [6, 6.07) is 5.77. The number of benzene rings is 1. The molecule has 6 heteroatoms. The Morgan fingerprint density at radius 3 is 2.83 bits per heavy atom. The average molecular weight is 332 g/mol. The van der Waals surface area contributed by atoms with Crippen molar-refractivity contribution in [2.45, 2.75) is 43.4 Å². The lowest BCUT2D eigenvalue weighted by Crippen LogP contribution is -2.60. The highest BCUT2D eigenvalue weighted by Gasteiger charge is 2.47. The van der Waals surface area contributed by atoms with Crippen LogP contribution in [0.25, 0.3) is 0 Å². The zero-order chi connectivity index (χ0) is 16.7. The van der Waals surface area contributed by atoms with E-state index in [0.29, 0.717) is 43.1 Å². The highest BCUT2D eigenvalue weighted by atomic mass is 16.5. The summed E-state index contributed by atoms with van der Waals surface area (Å²) in [7, 11) is 1.55. The van der Waals surface area contributed by atoms with Crippen molar-refractivity contribution in [1.82, 2.24) is 10.2 Å². The maximum atomic E-state index is 12.9. The van der Waals surface area contributed by atoms with E-state index in [0.717, 1.165) is 12.8 Å². The number of aromatic hydroxyl groups is 1. The number of amides is 1. The number of hydrogen-bond donors (Lipinski definition) is 2. The smallest absolute Gasteiger partial charge is 0.257 e. The second-order valence-corrected chi connectivity index (χ2v) is 7.19. The predicted molar refractivity (Wildman–Crippen MR) is 88.4 cm³/mol. The molecule has 0 aliphatic carbocycles. The SMILES string of the molecule is COc1ccc(O)c(C(=O)N2CCOC3(C[C@H]4CC[C@@H](C3)N4)C2)c1. The molecule has 3 heterocycles. The van der Waals surface area contributed by atoms with Gasteiger partial charge in [0.2, 0.25) is 0 Å². The molecule has 3 fully saturated rings. The van der Waals surface area contributed by atoms with E-state index in [2.05, 4.69) is 5.32 Å². The molecule has 2 N–H and O–H groups in total. The van der Waals surface area contributed by atoms with Gasteiger partial charge in [0.1, 0.15) is 11.5 Å². The summed E-state index contributed by atoms with van der Waals surface area (Å²) in [5.41, 5.74) is 0.0581. The highest BCUT2D eigenvalue weighted by molar-refractivity contribution is 5.97. The largest absolute Gasteiger partial charge is 0.507 e. The third kappa shape index (κ3) is 2.74. The summed E-state index contributed by atoms with van der Waals surface area (Å²) in [6.45, 7) is 1.70. The van der Waals surface area contributed by atoms with Gasteiger partial charge in [0.15, 0.2) is 0 Å². The quantitative estimate of drug-likeness (QED) is 0.859. The first-order chi connectivity index (χ1) is 11.6. The van der Waals surface area contributed by atoms with E-state index >= 15 is 0 Å². The number of carbonyl (C=O) groups excluding carboxylic acids is 1. The number of nitrogens with one attached hydrogen (secondary N) is 1. The van der Waals surface area contributed by atoms with Crippen LogP contribution in [0.4, 0.5) is 0 Å². The molecule has 3 saturated heterocycles. The van der Waals surface area contributed by atoms with Crippen molar-refractivity contribution in [2.24, 2.45) is 0 Å². The third-order valence-electron chi connectivity index (χ3n) is 5.54. The van der Waals surface area contributed by atoms with Crippen LogP contribution in [0.5, 0.6) is 11.5 Å². The molecule has 1 amide bonds. The van der Waals surface area contributed by atoms with Gasteiger partial charge in [-0.1, -0.05) is 0 Å². The molecule has 3 atom stereocenters. The van der Waals surface area contributed by atoms with Gasteiger partial charge < -0.3 is 24.8 Å². The number of piperidine rings is 1. The fraction of sp³-hybridized carbons (Fsp3) is 0.611. The van der Waals surface area contributed by atoms with Crippen molar-refractivity contribution in [3.8, 4) is 11.5 Å². The Bertz CT molecular complexity index is 636. The van der Waals surface area contributed by atoms with Crippen molar-refractivity contribution in [1.29, 1.82) is 0 Å². The van der Waals surface area contributed by atoms with Crippen LogP contribution in [0, 0.1) is 0 Å². The fourth-order valence-corrected chi connectivity index (χ4v) is 4.45. The Balaban J connectivity index is 1.55. The molecule has 1 aromatic rings. The number of phenols is 1. The molecule has 24 heavy (non-hydrogen) atoms. The normalized spacial score (nSPS) is 32.1. The number of phenolic OH excluding ortho intramolecular Hbond substituents is 1. The minimum absolute atomic E-state index is 0.00766. The monoisotopic (exact) mass is 332 g/mol. The van der Waals surface area contributed by atoms with Crippen molar-refractivity contribution in [2.75, 3.05) is 26.8 Å². The van der Waals surface area contributed by atoms with Crippen molar-refractivity contribution in [3.63, 3.8) is 0 Å². The number of ether oxygens (including phenoxy) is 2. The van der Waals surface area contributed by atoms with E-state index in [1.54, 1.807) is 19.2 Å². The van der Waals surface area contributed by atoms with E-state index in [4.69, 9.17) is 9.47 Å². The van der Waals surface area contributed by atoms with Gasteiger partial charge in [0, 0.05) is 18.6 Å². The minimum atomic E-state index is -0.237. The second-order valence-electron chi connectivity index (χ2n) is 7.19. The van der Waals surface area contributed by atoms with Gasteiger partial charge in [-0.05, 0) is 43.9 Å². The van der Waals surface area contributed by atoms with Crippen LogP contribution < -0.4 is 10.1 Å². The maximum absolute atomic E-state index is 12.9. The lowest BCUT2D eigenvalue weighted by Gasteiger charge is -2.47.